The molecule has 5 rings (SSSR count). The third-order valence-corrected chi connectivity index (χ3v) is 5.57. The number of para-hydroxylation sites is 2. The molecular weight excluding hydrogens is 316 g/mol. The van der Waals surface area contributed by atoms with Crippen LogP contribution in [0.3, 0.4) is 0 Å². The fourth-order valence-electron chi connectivity index (χ4n) is 4.64. The van der Waals surface area contributed by atoms with E-state index in [2.05, 4.69) is 97.5 Å². The Bertz CT molecular complexity index is 1180. The second kappa shape index (κ2) is 5.38. The van der Waals surface area contributed by atoms with Crippen molar-refractivity contribution in [3.8, 4) is 0 Å². The second-order valence-corrected chi connectivity index (χ2v) is 7.82. The summed E-state index contributed by atoms with van der Waals surface area (Å²) in [4.78, 5) is 0. The Balaban J connectivity index is 2.16. The molecular formula is C24H24N2. The number of rotatable bonds is 2. The number of hydrogen-bond donors (Lipinski definition) is 0. The van der Waals surface area contributed by atoms with Gasteiger partial charge in [-0.15, -0.1) is 0 Å². The van der Waals surface area contributed by atoms with Gasteiger partial charge in [0.1, 0.15) is 0 Å². The Morgan fingerprint density at radius 1 is 0.500 bits per heavy atom. The third kappa shape index (κ3) is 1.87. The van der Waals surface area contributed by atoms with Crippen molar-refractivity contribution in [1.82, 2.24) is 9.13 Å². The number of hydrogen-bond acceptors (Lipinski definition) is 0. The predicted molar refractivity (Wildman–Crippen MR) is 113 cm³/mol. The summed E-state index contributed by atoms with van der Waals surface area (Å²) >= 11 is 0. The van der Waals surface area contributed by atoms with Crippen molar-refractivity contribution in [2.24, 2.45) is 0 Å². The lowest BCUT2D eigenvalue weighted by atomic mass is 10.1. The highest BCUT2D eigenvalue weighted by Crippen LogP contribution is 2.41. The molecule has 0 radical (unpaired) electrons. The summed E-state index contributed by atoms with van der Waals surface area (Å²) < 4.78 is 5.04. The Morgan fingerprint density at radius 3 is 1.27 bits per heavy atom. The largest absolute Gasteiger partial charge is 0.336 e. The van der Waals surface area contributed by atoms with Crippen molar-refractivity contribution >= 4 is 43.6 Å². The molecule has 0 aliphatic rings. The Hall–Kier alpha value is -2.74. The Morgan fingerprint density at radius 2 is 0.885 bits per heavy atom. The first kappa shape index (κ1) is 15.5. The predicted octanol–water partition coefficient (Wildman–Crippen LogP) is 7.06. The van der Waals surface area contributed by atoms with Crippen molar-refractivity contribution in [2.45, 2.75) is 39.8 Å². The summed E-state index contributed by atoms with van der Waals surface area (Å²) in [6.07, 6.45) is 0. The first-order chi connectivity index (χ1) is 12.6. The maximum Gasteiger partial charge on any atom is 0.0741 e. The Kier molecular flexibility index (Phi) is 3.21. The molecule has 0 fully saturated rings. The van der Waals surface area contributed by atoms with Crippen LogP contribution in [0.5, 0.6) is 0 Å². The number of benzene rings is 3. The van der Waals surface area contributed by atoms with Crippen LogP contribution in [-0.4, -0.2) is 9.13 Å². The van der Waals surface area contributed by atoms with Crippen LogP contribution in [0.1, 0.15) is 39.8 Å². The van der Waals surface area contributed by atoms with Gasteiger partial charge < -0.3 is 9.13 Å². The zero-order valence-electron chi connectivity index (χ0n) is 15.8. The molecule has 2 aromatic heterocycles. The van der Waals surface area contributed by atoms with E-state index in [0.717, 1.165) is 0 Å². The zero-order chi connectivity index (χ0) is 18.0. The van der Waals surface area contributed by atoms with Crippen LogP contribution in [0, 0.1) is 0 Å². The van der Waals surface area contributed by atoms with Gasteiger partial charge in [-0.2, -0.15) is 0 Å². The van der Waals surface area contributed by atoms with E-state index in [1.165, 1.54) is 43.6 Å². The number of aromatic nitrogens is 2. The monoisotopic (exact) mass is 340 g/mol. The lowest BCUT2D eigenvalue weighted by Gasteiger charge is -2.16. The van der Waals surface area contributed by atoms with E-state index in [-0.39, 0.29) is 0 Å². The highest BCUT2D eigenvalue weighted by atomic mass is 15.1. The SMILES string of the molecule is CC(C)n1c2ccccc2c2ccc3c4ccccc4n(C(C)C)c3c21. The second-order valence-electron chi connectivity index (χ2n) is 7.82. The molecule has 0 N–H and O–H groups in total. The summed E-state index contributed by atoms with van der Waals surface area (Å²) in [5.41, 5.74) is 5.38. The van der Waals surface area contributed by atoms with Gasteiger partial charge in [0.15, 0.2) is 0 Å². The van der Waals surface area contributed by atoms with E-state index in [9.17, 15) is 0 Å². The normalized spacial score (nSPS) is 12.5. The maximum absolute atomic E-state index is 2.52. The molecule has 2 heteroatoms. The minimum absolute atomic E-state index is 0.404. The molecule has 0 aliphatic heterocycles. The van der Waals surface area contributed by atoms with Gasteiger partial charge in [-0.3, -0.25) is 0 Å². The van der Waals surface area contributed by atoms with Gasteiger partial charge in [0.05, 0.1) is 11.0 Å². The lowest BCUT2D eigenvalue weighted by molar-refractivity contribution is 0.629. The quantitative estimate of drug-likeness (QED) is 0.325. The molecule has 0 saturated heterocycles. The summed E-state index contributed by atoms with van der Waals surface area (Å²) in [6, 6.07) is 23.0. The van der Waals surface area contributed by atoms with Crippen LogP contribution in [0.4, 0.5) is 0 Å². The van der Waals surface area contributed by atoms with Crippen molar-refractivity contribution in [1.29, 1.82) is 0 Å². The molecule has 5 aromatic rings. The van der Waals surface area contributed by atoms with Gasteiger partial charge in [0.25, 0.3) is 0 Å². The first-order valence-corrected chi connectivity index (χ1v) is 9.54. The first-order valence-electron chi connectivity index (χ1n) is 9.54. The average molecular weight is 340 g/mol. The smallest absolute Gasteiger partial charge is 0.0741 e. The molecule has 0 saturated carbocycles. The minimum atomic E-state index is 0.404. The van der Waals surface area contributed by atoms with Gasteiger partial charge in [-0.05, 0) is 39.8 Å². The molecule has 0 aliphatic carbocycles. The highest BCUT2D eigenvalue weighted by molar-refractivity contribution is 6.22. The summed E-state index contributed by atoms with van der Waals surface area (Å²) in [5, 5.41) is 5.40. The van der Waals surface area contributed by atoms with Crippen molar-refractivity contribution in [2.75, 3.05) is 0 Å². The van der Waals surface area contributed by atoms with Crippen LogP contribution in [0.25, 0.3) is 43.6 Å². The summed E-state index contributed by atoms with van der Waals surface area (Å²) in [5.74, 6) is 0. The molecule has 0 spiro atoms. The van der Waals surface area contributed by atoms with E-state index in [1.54, 1.807) is 0 Å². The van der Waals surface area contributed by atoms with Crippen LogP contribution in [0.15, 0.2) is 60.7 Å². The number of fused-ring (bicyclic) bond motifs is 7. The number of nitrogens with zero attached hydrogens (tertiary/aromatic N) is 2. The van der Waals surface area contributed by atoms with Gasteiger partial charge in [0.2, 0.25) is 0 Å². The van der Waals surface area contributed by atoms with E-state index < -0.39 is 0 Å². The van der Waals surface area contributed by atoms with Crippen LogP contribution < -0.4 is 0 Å². The Labute approximate surface area is 153 Å². The molecule has 2 heterocycles. The van der Waals surface area contributed by atoms with E-state index in [0.29, 0.717) is 12.1 Å². The van der Waals surface area contributed by atoms with E-state index in [4.69, 9.17) is 0 Å². The van der Waals surface area contributed by atoms with Crippen LogP contribution in [-0.2, 0) is 0 Å². The fraction of sp³-hybridized carbons (Fsp3) is 0.250. The standard InChI is InChI=1S/C24H24N2/c1-15(2)25-21-11-7-5-9-17(21)19-13-14-20-18-10-6-8-12-22(18)26(16(3)4)24(20)23(19)25/h5-16H,1-4H3. The van der Waals surface area contributed by atoms with Gasteiger partial charge in [-0.1, -0.05) is 48.5 Å². The molecule has 26 heavy (non-hydrogen) atoms. The van der Waals surface area contributed by atoms with Gasteiger partial charge in [-0.25, -0.2) is 0 Å². The molecule has 3 aromatic carbocycles. The molecule has 2 nitrogen and oxygen atoms in total. The van der Waals surface area contributed by atoms with Crippen molar-refractivity contribution in [3.63, 3.8) is 0 Å². The van der Waals surface area contributed by atoms with Gasteiger partial charge in [0, 0.05) is 44.7 Å². The molecule has 0 unspecified atom stereocenters. The molecule has 0 bridgehead atoms. The molecule has 0 atom stereocenters. The maximum atomic E-state index is 2.52. The fourth-order valence-corrected chi connectivity index (χ4v) is 4.64. The third-order valence-electron chi connectivity index (χ3n) is 5.57. The average Bonchev–Trinajstić information content (AvgIpc) is 3.14. The molecule has 130 valence electrons. The van der Waals surface area contributed by atoms with E-state index in [1.807, 2.05) is 0 Å². The van der Waals surface area contributed by atoms with Crippen LogP contribution in [0.2, 0.25) is 0 Å². The van der Waals surface area contributed by atoms with Crippen LogP contribution >= 0.6 is 0 Å². The lowest BCUT2D eigenvalue weighted by Crippen LogP contribution is -2.04. The van der Waals surface area contributed by atoms with E-state index >= 15 is 0 Å². The highest BCUT2D eigenvalue weighted by Gasteiger charge is 2.20. The molecule has 0 amide bonds. The topological polar surface area (TPSA) is 9.86 Å². The van der Waals surface area contributed by atoms with Crippen molar-refractivity contribution < 1.29 is 0 Å². The minimum Gasteiger partial charge on any atom is -0.336 e. The zero-order valence-corrected chi connectivity index (χ0v) is 15.8. The van der Waals surface area contributed by atoms with Crippen molar-refractivity contribution in [3.05, 3.63) is 60.7 Å². The summed E-state index contributed by atoms with van der Waals surface area (Å²) in [7, 11) is 0. The van der Waals surface area contributed by atoms with Gasteiger partial charge >= 0.3 is 0 Å². The summed E-state index contributed by atoms with van der Waals surface area (Å²) in [6.45, 7) is 9.14.